The molecule has 3 rings (SSSR count). The SMILES string of the molecule is CCCNC(CC1CCCCC1)C1CCOC2(CCC2)C1. The molecule has 1 aliphatic heterocycles. The molecule has 2 nitrogen and oxygen atoms in total. The van der Waals surface area contributed by atoms with Crippen molar-refractivity contribution in [3.8, 4) is 0 Å². The van der Waals surface area contributed by atoms with Gasteiger partial charge in [-0.25, -0.2) is 0 Å². The van der Waals surface area contributed by atoms with Crippen LogP contribution in [0.2, 0.25) is 0 Å². The van der Waals surface area contributed by atoms with Gasteiger partial charge < -0.3 is 10.1 Å². The average molecular weight is 293 g/mol. The minimum atomic E-state index is 0.307. The van der Waals surface area contributed by atoms with Crippen LogP contribution >= 0.6 is 0 Å². The maximum absolute atomic E-state index is 6.15. The molecule has 0 aromatic carbocycles. The highest BCUT2D eigenvalue weighted by molar-refractivity contribution is 4.97. The molecule has 2 heteroatoms. The summed E-state index contributed by atoms with van der Waals surface area (Å²) in [5.74, 6) is 1.86. The van der Waals surface area contributed by atoms with Gasteiger partial charge in [0.2, 0.25) is 0 Å². The first-order chi connectivity index (χ1) is 10.3. The summed E-state index contributed by atoms with van der Waals surface area (Å²) >= 11 is 0. The molecule has 122 valence electrons. The van der Waals surface area contributed by atoms with E-state index in [1.807, 2.05) is 0 Å². The fraction of sp³-hybridized carbons (Fsp3) is 1.00. The molecule has 21 heavy (non-hydrogen) atoms. The van der Waals surface area contributed by atoms with Gasteiger partial charge in [0.05, 0.1) is 5.60 Å². The van der Waals surface area contributed by atoms with Gasteiger partial charge in [-0.15, -0.1) is 0 Å². The normalized spacial score (nSPS) is 31.0. The van der Waals surface area contributed by atoms with Crippen molar-refractivity contribution in [3.63, 3.8) is 0 Å². The van der Waals surface area contributed by atoms with Gasteiger partial charge in [0.25, 0.3) is 0 Å². The first-order valence-corrected chi connectivity index (χ1v) is 9.69. The zero-order valence-electron chi connectivity index (χ0n) is 14.0. The first kappa shape index (κ1) is 15.8. The van der Waals surface area contributed by atoms with E-state index in [9.17, 15) is 0 Å². The van der Waals surface area contributed by atoms with Crippen molar-refractivity contribution in [3.05, 3.63) is 0 Å². The molecule has 0 radical (unpaired) electrons. The highest BCUT2D eigenvalue weighted by Gasteiger charge is 2.44. The molecule has 1 heterocycles. The fourth-order valence-electron chi connectivity index (χ4n) is 4.88. The second-order valence-corrected chi connectivity index (χ2v) is 7.94. The zero-order valence-corrected chi connectivity index (χ0v) is 14.0. The van der Waals surface area contributed by atoms with Crippen LogP contribution in [0.25, 0.3) is 0 Å². The summed E-state index contributed by atoms with van der Waals surface area (Å²) in [6, 6.07) is 0.759. The van der Waals surface area contributed by atoms with Crippen molar-refractivity contribution in [1.82, 2.24) is 5.32 Å². The van der Waals surface area contributed by atoms with Crippen molar-refractivity contribution < 1.29 is 4.74 Å². The van der Waals surface area contributed by atoms with Crippen LogP contribution in [-0.4, -0.2) is 24.8 Å². The molecule has 1 saturated heterocycles. The summed E-state index contributed by atoms with van der Waals surface area (Å²) < 4.78 is 6.15. The number of rotatable bonds is 6. The monoisotopic (exact) mass is 293 g/mol. The zero-order chi connectivity index (χ0) is 14.5. The lowest BCUT2D eigenvalue weighted by Gasteiger charge is -2.49. The smallest absolute Gasteiger partial charge is 0.0685 e. The molecule has 2 unspecified atom stereocenters. The van der Waals surface area contributed by atoms with Gasteiger partial charge >= 0.3 is 0 Å². The van der Waals surface area contributed by atoms with E-state index in [0.29, 0.717) is 5.60 Å². The fourth-order valence-corrected chi connectivity index (χ4v) is 4.88. The van der Waals surface area contributed by atoms with Crippen LogP contribution in [0, 0.1) is 11.8 Å². The Balaban J connectivity index is 1.57. The van der Waals surface area contributed by atoms with E-state index >= 15 is 0 Å². The third kappa shape index (κ3) is 4.01. The maximum atomic E-state index is 6.15. The molecule has 3 aliphatic rings. The molecule has 0 bridgehead atoms. The Bertz CT molecular complexity index is 307. The van der Waals surface area contributed by atoms with E-state index in [2.05, 4.69) is 12.2 Å². The molecule has 0 amide bonds. The minimum absolute atomic E-state index is 0.307. The van der Waals surface area contributed by atoms with Gasteiger partial charge in [-0.1, -0.05) is 39.0 Å². The van der Waals surface area contributed by atoms with E-state index in [-0.39, 0.29) is 0 Å². The molecule has 2 aliphatic carbocycles. The molecule has 0 aromatic rings. The van der Waals surface area contributed by atoms with Crippen molar-refractivity contribution in [1.29, 1.82) is 0 Å². The molecule has 1 N–H and O–H groups in total. The van der Waals surface area contributed by atoms with Crippen molar-refractivity contribution in [2.24, 2.45) is 11.8 Å². The Labute approximate surface area is 131 Å². The van der Waals surface area contributed by atoms with Gasteiger partial charge in [-0.2, -0.15) is 0 Å². The number of ether oxygens (including phenoxy) is 1. The summed E-state index contributed by atoms with van der Waals surface area (Å²) in [6.07, 6.45) is 16.8. The summed E-state index contributed by atoms with van der Waals surface area (Å²) in [6.45, 7) is 4.50. The lowest BCUT2D eigenvalue weighted by Crippen LogP contribution is -2.50. The first-order valence-electron chi connectivity index (χ1n) is 9.69. The second kappa shape index (κ2) is 7.46. The molecular weight excluding hydrogens is 258 g/mol. The van der Waals surface area contributed by atoms with Crippen molar-refractivity contribution >= 4 is 0 Å². The highest BCUT2D eigenvalue weighted by atomic mass is 16.5. The molecule has 2 atom stereocenters. The lowest BCUT2D eigenvalue weighted by molar-refractivity contribution is -0.147. The molecule has 3 fully saturated rings. The summed E-state index contributed by atoms with van der Waals surface area (Å²) in [4.78, 5) is 0. The average Bonchev–Trinajstić information content (AvgIpc) is 2.51. The van der Waals surface area contributed by atoms with Crippen LogP contribution in [-0.2, 0) is 4.74 Å². The molecule has 1 spiro atoms. The van der Waals surface area contributed by atoms with E-state index < -0.39 is 0 Å². The quantitative estimate of drug-likeness (QED) is 0.768. The minimum Gasteiger partial charge on any atom is -0.375 e. The topological polar surface area (TPSA) is 21.3 Å². The van der Waals surface area contributed by atoms with E-state index in [4.69, 9.17) is 4.74 Å². The van der Waals surface area contributed by atoms with E-state index in [1.54, 1.807) is 0 Å². The Hall–Kier alpha value is -0.0800. The second-order valence-electron chi connectivity index (χ2n) is 7.94. The summed E-state index contributed by atoms with van der Waals surface area (Å²) in [5, 5.41) is 3.92. The number of nitrogens with one attached hydrogen (secondary N) is 1. The standard InChI is InChI=1S/C19H35NO/c1-2-12-20-18(14-16-7-4-3-5-8-16)17-9-13-21-19(15-17)10-6-11-19/h16-18,20H,2-15H2,1H3. The Kier molecular flexibility index (Phi) is 5.61. The predicted octanol–water partition coefficient (Wildman–Crippen LogP) is 4.67. The summed E-state index contributed by atoms with van der Waals surface area (Å²) in [7, 11) is 0. The van der Waals surface area contributed by atoms with Crippen LogP contribution in [0.15, 0.2) is 0 Å². The molecule has 0 aromatic heterocycles. The van der Waals surface area contributed by atoms with Gasteiger partial charge in [0.15, 0.2) is 0 Å². The van der Waals surface area contributed by atoms with E-state index in [0.717, 1.165) is 24.5 Å². The third-order valence-electron chi connectivity index (χ3n) is 6.33. The highest BCUT2D eigenvalue weighted by Crippen LogP contribution is 2.45. The molecule has 2 saturated carbocycles. The van der Waals surface area contributed by atoms with Crippen LogP contribution in [0.1, 0.15) is 84.0 Å². The van der Waals surface area contributed by atoms with Gasteiger partial charge in [0, 0.05) is 12.6 Å². The summed E-state index contributed by atoms with van der Waals surface area (Å²) in [5.41, 5.74) is 0.307. The van der Waals surface area contributed by atoms with E-state index in [1.165, 1.54) is 83.6 Å². The predicted molar refractivity (Wildman–Crippen MR) is 88.5 cm³/mol. The van der Waals surface area contributed by atoms with Gasteiger partial charge in [0.1, 0.15) is 0 Å². The largest absolute Gasteiger partial charge is 0.375 e. The van der Waals surface area contributed by atoms with Gasteiger partial charge in [-0.05, 0) is 63.3 Å². The third-order valence-corrected chi connectivity index (χ3v) is 6.33. The Morgan fingerprint density at radius 1 is 1.10 bits per heavy atom. The molecular formula is C19H35NO. The van der Waals surface area contributed by atoms with Crippen molar-refractivity contribution in [2.75, 3.05) is 13.2 Å². The Morgan fingerprint density at radius 3 is 2.57 bits per heavy atom. The number of hydrogen-bond acceptors (Lipinski definition) is 2. The van der Waals surface area contributed by atoms with Crippen LogP contribution in [0.4, 0.5) is 0 Å². The van der Waals surface area contributed by atoms with Crippen LogP contribution in [0.5, 0.6) is 0 Å². The lowest BCUT2D eigenvalue weighted by atomic mass is 9.69. The van der Waals surface area contributed by atoms with Crippen LogP contribution in [0.3, 0.4) is 0 Å². The van der Waals surface area contributed by atoms with Crippen LogP contribution < -0.4 is 5.32 Å². The van der Waals surface area contributed by atoms with Gasteiger partial charge in [-0.3, -0.25) is 0 Å². The number of hydrogen-bond donors (Lipinski definition) is 1. The van der Waals surface area contributed by atoms with Crippen molar-refractivity contribution in [2.45, 2.75) is 95.6 Å². The maximum Gasteiger partial charge on any atom is 0.0685 e. The Morgan fingerprint density at radius 2 is 1.90 bits per heavy atom.